The van der Waals surface area contributed by atoms with Crippen LogP contribution in [0, 0.1) is 0 Å². The molecule has 0 bridgehead atoms. The van der Waals surface area contributed by atoms with Crippen LogP contribution in [0.15, 0.2) is 188 Å². The zero-order valence-corrected chi connectivity index (χ0v) is 39.0. The van der Waals surface area contributed by atoms with E-state index < -0.39 is 0 Å². The van der Waals surface area contributed by atoms with E-state index in [4.69, 9.17) is 0 Å². The fourth-order valence-electron chi connectivity index (χ4n) is 15.1. The van der Waals surface area contributed by atoms with Crippen LogP contribution in [-0.2, 0) is 10.8 Å². The minimum atomic E-state index is -0.201. The van der Waals surface area contributed by atoms with E-state index in [1.807, 2.05) is 0 Å². The highest BCUT2D eigenvalue weighted by atomic mass is 15.3. The Labute approximate surface area is 396 Å². The Kier molecular flexibility index (Phi) is 8.31. The first kappa shape index (κ1) is 39.4. The highest BCUT2D eigenvalue weighted by Crippen LogP contribution is 2.66. The second-order valence-corrected chi connectivity index (χ2v) is 21.2. The van der Waals surface area contributed by atoms with Gasteiger partial charge in [0.05, 0.1) is 11.1 Å². The van der Waals surface area contributed by atoms with Crippen LogP contribution >= 0.6 is 0 Å². The van der Waals surface area contributed by atoms with Crippen LogP contribution < -0.4 is 31.1 Å². The van der Waals surface area contributed by atoms with Gasteiger partial charge in [-0.3, -0.25) is 0 Å². The molecule has 4 aliphatic heterocycles. The van der Waals surface area contributed by atoms with E-state index in [9.17, 15) is 0 Å². The van der Waals surface area contributed by atoms with Crippen LogP contribution in [-0.4, -0.2) is 17.8 Å². The number of anilines is 7. The molecule has 6 aliphatic rings. The lowest BCUT2D eigenvalue weighted by atomic mass is 9.33. The van der Waals surface area contributed by atoms with Gasteiger partial charge in [-0.2, -0.15) is 0 Å². The van der Waals surface area contributed by atoms with Crippen LogP contribution in [0.4, 0.5) is 39.8 Å². The number of benzene rings is 8. The maximum Gasteiger partial charge on any atom is 0.252 e. The first-order valence-electron chi connectivity index (χ1n) is 25.1. The summed E-state index contributed by atoms with van der Waals surface area (Å²) in [6.07, 6.45) is 9.57. The highest BCUT2D eigenvalue weighted by Gasteiger charge is 2.63. The van der Waals surface area contributed by atoms with Crippen LogP contribution in [0.25, 0.3) is 22.3 Å². The van der Waals surface area contributed by atoms with Crippen molar-refractivity contribution in [3.63, 3.8) is 0 Å². The summed E-state index contributed by atoms with van der Waals surface area (Å²) in [6.45, 7) is 7.91. The van der Waals surface area contributed by atoms with E-state index in [1.165, 1.54) is 128 Å². The Bertz CT molecular complexity index is 3290. The number of rotatable bonds is 5. The summed E-state index contributed by atoms with van der Waals surface area (Å²) in [5, 5.41) is 0. The summed E-state index contributed by atoms with van der Waals surface area (Å²) < 4.78 is 0. The molecule has 67 heavy (non-hydrogen) atoms. The second kappa shape index (κ2) is 14.1. The van der Waals surface area contributed by atoms with Gasteiger partial charge in [0.15, 0.2) is 0 Å². The number of fused-ring (bicyclic) bond motifs is 10. The predicted octanol–water partition coefficient (Wildman–Crippen LogP) is 14.1. The Hall–Kier alpha value is -6.78. The molecule has 4 unspecified atom stereocenters. The van der Waals surface area contributed by atoms with Gasteiger partial charge in [-0.05, 0) is 131 Å². The molecular weight excluding hydrogens is 810 g/mol. The molecule has 0 spiro atoms. The second-order valence-electron chi connectivity index (χ2n) is 21.2. The van der Waals surface area contributed by atoms with Crippen molar-refractivity contribution in [3.8, 4) is 22.3 Å². The van der Waals surface area contributed by atoms with Gasteiger partial charge >= 0.3 is 0 Å². The van der Waals surface area contributed by atoms with Gasteiger partial charge in [-0.15, -0.1) is 0 Å². The maximum atomic E-state index is 2.91. The normalized spacial score (nSPS) is 24.9. The smallest absolute Gasteiger partial charge is 0.252 e. The molecule has 0 radical (unpaired) electrons. The van der Waals surface area contributed by atoms with Crippen LogP contribution in [0.3, 0.4) is 0 Å². The molecule has 2 saturated carbocycles. The first-order valence-corrected chi connectivity index (χ1v) is 25.1. The molecule has 0 amide bonds. The van der Waals surface area contributed by atoms with Gasteiger partial charge < -0.3 is 14.7 Å². The quantitative estimate of drug-likeness (QED) is 0.160. The van der Waals surface area contributed by atoms with E-state index in [1.54, 1.807) is 5.56 Å². The topological polar surface area (TPSA) is 9.72 Å². The van der Waals surface area contributed by atoms with Gasteiger partial charge in [0, 0.05) is 50.6 Å². The Morgan fingerprint density at radius 1 is 0.403 bits per heavy atom. The summed E-state index contributed by atoms with van der Waals surface area (Å²) >= 11 is 0. The SMILES string of the molecule is CC12CCCCC1(C)N1c3cc(N4c5ccccc5C5(c6ccccc6)CCCCC45C)cc4c3B(c3ccc(-c5ccccc5)cc3N4c3cccc(-c4ccccc4)c3)c3cccc2c31. The number of para-hydroxylation sites is 2. The van der Waals surface area contributed by atoms with Crippen molar-refractivity contribution in [2.45, 2.75) is 94.0 Å². The molecular formula is C63H56BN3. The van der Waals surface area contributed by atoms with Crippen molar-refractivity contribution in [1.82, 2.24) is 0 Å². The molecule has 2 fully saturated rings. The Morgan fingerprint density at radius 3 is 1.79 bits per heavy atom. The molecule has 8 aromatic rings. The fourth-order valence-corrected chi connectivity index (χ4v) is 15.1. The van der Waals surface area contributed by atoms with Crippen molar-refractivity contribution < 1.29 is 0 Å². The maximum absolute atomic E-state index is 2.91. The third-order valence-corrected chi connectivity index (χ3v) is 18.3. The molecule has 8 aromatic carbocycles. The van der Waals surface area contributed by atoms with Crippen LogP contribution in [0.1, 0.15) is 88.8 Å². The standard InChI is InChI=1S/C63H56BN3/c1-60-35-15-16-36-61(60,2)67-57-42-49(66-54-32-14-13-29-50(54)63(47-26-11-6-12-27-47)38-18-17-37-62(63,66)3)41-56-58(57)64(53-31-20-30-51(60)59(53)67)52-34-33-46(44-23-9-5-10-24-44)40-55(52)65(56)48-28-19-25-45(39-48)43-21-7-4-8-22-43/h4-14,19-34,39-42H,15-18,35-38H2,1-3H3. The third-order valence-electron chi connectivity index (χ3n) is 18.3. The van der Waals surface area contributed by atoms with Crippen molar-refractivity contribution in [1.29, 1.82) is 0 Å². The molecule has 0 aromatic heterocycles. The van der Waals surface area contributed by atoms with Gasteiger partial charge in [0.25, 0.3) is 6.71 Å². The molecule has 4 heteroatoms. The number of hydrogen-bond acceptors (Lipinski definition) is 3. The fraction of sp³-hybridized carbons (Fsp3) is 0.238. The van der Waals surface area contributed by atoms with Gasteiger partial charge in [0.2, 0.25) is 0 Å². The monoisotopic (exact) mass is 865 g/mol. The van der Waals surface area contributed by atoms with Crippen molar-refractivity contribution in [2.24, 2.45) is 0 Å². The van der Waals surface area contributed by atoms with Crippen molar-refractivity contribution in [3.05, 3.63) is 205 Å². The lowest BCUT2D eigenvalue weighted by molar-refractivity contribution is 0.195. The zero-order valence-electron chi connectivity index (χ0n) is 39.0. The zero-order chi connectivity index (χ0) is 44.7. The lowest BCUT2D eigenvalue weighted by Crippen LogP contribution is -2.64. The number of nitrogens with zero attached hydrogens (tertiary/aromatic N) is 3. The lowest BCUT2D eigenvalue weighted by Gasteiger charge is -2.54. The largest absolute Gasteiger partial charge is 0.335 e. The van der Waals surface area contributed by atoms with Crippen molar-refractivity contribution >= 4 is 62.9 Å². The van der Waals surface area contributed by atoms with Gasteiger partial charge in [-0.25, -0.2) is 0 Å². The van der Waals surface area contributed by atoms with Gasteiger partial charge in [-0.1, -0.05) is 184 Å². The third kappa shape index (κ3) is 5.09. The first-order chi connectivity index (χ1) is 32.8. The minimum absolute atomic E-state index is 0.0226. The molecule has 2 aliphatic carbocycles. The molecule has 3 nitrogen and oxygen atoms in total. The minimum Gasteiger partial charge on any atom is -0.335 e. The number of hydrogen-bond donors (Lipinski definition) is 0. The molecule has 326 valence electrons. The summed E-state index contributed by atoms with van der Waals surface area (Å²) in [6, 6.07) is 72.3. The molecule has 4 atom stereocenters. The molecule has 0 N–H and O–H groups in total. The van der Waals surface area contributed by atoms with E-state index in [0.717, 1.165) is 12.8 Å². The Morgan fingerprint density at radius 2 is 1.01 bits per heavy atom. The summed E-state index contributed by atoms with van der Waals surface area (Å²) in [7, 11) is 0. The van der Waals surface area contributed by atoms with E-state index in [2.05, 4.69) is 224 Å². The van der Waals surface area contributed by atoms with Crippen LogP contribution in [0.2, 0.25) is 0 Å². The van der Waals surface area contributed by atoms with Gasteiger partial charge in [0.1, 0.15) is 0 Å². The summed E-state index contributed by atoms with van der Waals surface area (Å²) in [5.41, 5.74) is 22.5. The van der Waals surface area contributed by atoms with E-state index in [-0.39, 0.29) is 28.6 Å². The molecule has 0 saturated heterocycles. The summed E-state index contributed by atoms with van der Waals surface area (Å²) in [4.78, 5) is 8.41. The van der Waals surface area contributed by atoms with E-state index in [0.29, 0.717) is 0 Å². The molecule has 14 rings (SSSR count). The molecule has 4 heterocycles. The highest BCUT2D eigenvalue weighted by molar-refractivity contribution is 7.00. The van der Waals surface area contributed by atoms with Crippen LogP contribution in [0.5, 0.6) is 0 Å². The summed E-state index contributed by atoms with van der Waals surface area (Å²) in [5.74, 6) is 0. The average Bonchev–Trinajstić information content (AvgIpc) is 3.75. The van der Waals surface area contributed by atoms with E-state index >= 15 is 0 Å². The Balaban J connectivity index is 1.10. The average molecular weight is 866 g/mol. The predicted molar refractivity (Wildman–Crippen MR) is 282 cm³/mol. The van der Waals surface area contributed by atoms with Crippen molar-refractivity contribution in [2.75, 3.05) is 14.7 Å².